The first-order valence-corrected chi connectivity index (χ1v) is 21.0. The second kappa shape index (κ2) is 17.9. The van der Waals surface area contributed by atoms with Crippen molar-refractivity contribution in [3.05, 3.63) is 100 Å². The van der Waals surface area contributed by atoms with E-state index in [1.165, 1.54) is 37.6 Å². The van der Waals surface area contributed by atoms with E-state index in [1.54, 1.807) is 0 Å². The van der Waals surface area contributed by atoms with Gasteiger partial charge in [0, 0.05) is 63.4 Å². The van der Waals surface area contributed by atoms with Gasteiger partial charge in [-0.15, -0.1) is 40.5 Å². The minimum absolute atomic E-state index is 0. The molecular formula is C50H62IrNO3S-. The number of thiophene rings is 1. The van der Waals surface area contributed by atoms with Crippen LogP contribution in [0.15, 0.2) is 77.1 Å². The van der Waals surface area contributed by atoms with Crippen LogP contribution in [0.3, 0.4) is 0 Å². The normalized spacial score (nSPS) is 12.6. The molecule has 0 fully saturated rings. The molecule has 6 rings (SSSR count). The van der Waals surface area contributed by atoms with Crippen LogP contribution in [0.2, 0.25) is 0 Å². The van der Waals surface area contributed by atoms with E-state index in [0.717, 1.165) is 76.5 Å². The Morgan fingerprint density at radius 2 is 1.54 bits per heavy atom. The first kappa shape index (κ1) is 45.1. The molecule has 0 saturated heterocycles. The summed E-state index contributed by atoms with van der Waals surface area (Å²) in [6.07, 6.45) is 7.69. The van der Waals surface area contributed by atoms with E-state index in [4.69, 9.17) is 9.40 Å². The van der Waals surface area contributed by atoms with Crippen LogP contribution in [0.1, 0.15) is 123 Å². The number of allylic oxidation sites excluding steroid dienone is 2. The number of aromatic nitrogens is 1. The molecule has 4 nitrogen and oxygen atoms in total. The van der Waals surface area contributed by atoms with E-state index in [2.05, 4.69) is 109 Å². The summed E-state index contributed by atoms with van der Waals surface area (Å²) < 4.78 is 7.43. The maximum Gasteiger partial charge on any atom is 0.164 e. The van der Waals surface area contributed by atoms with Crippen molar-refractivity contribution in [2.45, 2.75) is 128 Å². The SMILES string of the molecule is CCC(C)(CC)C(=O)/C=C(\O)C(C)(CC)CC.Cc1sc2cc(-c3cc(-c4[c-]c5ccccc5c(C(C)(C)C)c4)nc4c(C)coc34)ccc2c1CC(C)C.[Ir]. The molecule has 0 aliphatic carbocycles. The van der Waals surface area contributed by atoms with E-state index in [1.807, 2.05) is 59.1 Å². The average molecular weight is 949 g/mol. The summed E-state index contributed by atoms with van der Waals surface area (Å²) in [6, 6.07) is 23.6. The van der Waals surface area contributed by atoms with Crippen LogP contribution in [0.5, 0.6) is 0 Å². The largest absolute Gasteiger partial charge is 0.512 e. The molecule has 3 aromatic carbocycles. The van der Waals surface area contributed by atoms with Gasteiger partial charge in [0.05, 0.1) is 6.26 Å². The van der Waals surface area contributed by atoms with E-state index >= 15 is 0 Å². The Morgan fingerprint density at radius 3 is 2.14 bits per heavy atom. The van der Waals surface area contributed by atoms with Crippen LogP contribution in [0, 0.1) is 36.7 Å². The fourth-order valence-corrected chi connectivity index (χ4v) is 8.38. The second-order valence-electron chi connectivity index (χ2n) is 17.4. The molecular weight excluding hydrogens is 887 g/mol. The van der Waals surface area contributed by atoms with Gasteiger partial charge in [0.15, 0.2) is 11.4 Å². The molecule has 3 aromatic heterocycles. The summed E-state index contributed by atoms with van der Waals surface area (Å²) in [4.78, 5) is 18.7. The number of benzene rings is 3. The molecule has 0 atom stereocenters. The number of carbonyl (C=O) groups is 1. The summed E-state index contributed by atoms with van der Waals surface area (Å²) in [5, 5.41) is 13.9. The van der Waals surface area contributed by atoms with Gasteiger partial charge < -0.3 is 9.52 Å². The van der Waals surface area contributed by atoms with Gasteiger partial charge in [0.1, 0.15) is 11.3 Å². The van der Waals surface area contributed by atoms with Crippen molar-refractivity contribution in [1.29, 1.82) is 0 Å². The van der Waals surface area contributed by atoms with Gasteiger partial charge in [-0.3, -0.25) is 9.78 Å². The van der Waals surface area contributed by atoms with E-state index < -0.39 is 0 Å². The first-order chi connectivity index (χ1) is 25.9. The Labute approximate surface area is 353 Å². The molecule has 3 heterocycles. The number of nitrogens with zero attached hydrogens (tertiary/aromatic N) is 1. The van der Waals surface area contributed by atoms with Crippen molar-refractivity contribution in [2.24, 2.45) is 16.7 Å². The molecule has 0 spiro atoms. The van der Waals surface area contributed by atoms with Crippen molar-refractivity contribution in [3.8, 4) is 22.4 Å². The molecule has 0 aliphatic heterocycles. The summed E-state index contributed by atoms with van der Waals surface area (Å²) >= 11 is 1.89. The predicted molar refractivity (Wildman–Crippen MR) is 236 cm³/mol. The maximum absolute atomic E-state index is 12.2. The van der Waals surface area contributed by atoms with Gasteiger partial charge in [0.2, 0.25) is 0 Å². The number of fused-ring (bicyclic) bond motifs is 3. The Balaban J connectivity index is 0.000000330. The van der Waals surface area contributed by atoms with Crippen LogP contribution < -0.4 is 0 Å². The summed E-state index contributed by atoms with van der Waals surface area (Å²) in [5.41, 5.74) is 9.19. The van der Waals surface area contributed by atoms with Crippen LogP contribution in [0.4, 0.5) is 0 Å². The van der Waals surface area contributed by atoms with Gasteiger partial charge >= 0.3 is 0 Å². The van der Waals surface area contributed by atoms with Gasteiger partial charge in [-0.2, -0.15) is 0 Å². The molecule has 6 heteroatoms. The summed E-state index contributed by atoms with van der Waals surface area (Å²) in [6.45, 7) is 27.8. The van der Waals surface area contributed by atoms with Crippen LogP contribution in [-0.2, 0) is 36.7 Å². The van der Waals surface area contributed by atoms with Gasteiger partial charge in [-0.05, 0) is 79.9 Å². The first-order valence-electron chi connectivity index (χ1n) is 20.2. The Hall–Kier alpha value is -3.57. The molecule has 0 unspecified atom stereocenters. The third-order valence-electron chi connectivity index (χ3n) is 12.1. The van der Waals surface area contributed by atoms with Crippen molar-refractivity contribution in [2.75, 3.05) is 0 Å². The maximum atomic E-state index is 12.2. The number of aliphatic hydroxyl groups is 1. The average Bonchev–Trinajstić information content (AvgIpc) is 3.69. The zero-order valence-corrected chi connectivity index (χ0v) is 39.1. The van der Waals surface area contributed by atoms with Gasteiger partial charge in [-0.1, -0.05) is 124 Å². The zero-order chi connectivity index (χ0) is 40.5. The van der Waals surface area contributed by atoms with Crippen molar-refractivity contribution in [3.63, 3.8) is 0 Å². The zero-order valence-electron chi connectivity index (χ0n) is 35.9. The monoisotopic (exact) mass is 949 g/mol. The molecule has 6 aromatic rings. The summed E-state index contributed by atoms with van der Waals surface area (Å²) in [7, 11) is 0. The number of aryl methyl sites for hydroxylation is 2. The summed E-state index contributed by atoms with van der Waals surface area (Å²) in [5.74, 6) is 0.921. The molecule has 0 saturated carbocycles. The minimum atomic E-state index is -0.337. The van der Waals surface area contributed by atoms with Crippen molar-refractivity contribution >= 4 is 49.1 Å². The van der Waals surface area contributed by atoms with E-state index in [-0.39, 0.29) is 47.9 Å². The standard InChI is InChI=1S/C35H34NOS.C15H28O2.Ir/c1-20(2)14-28-22(4)38-32-17-24(12-13-27(28)32)29-18-31(36-33-21(3)19-37-34(29)33)25-15-23-10-8-9-11-26(23)30(16-25)35(5,6)7;1-7-14(5,8-2)12(16)11-13(17)15(6,9-3)10-4;/h8-13,16-20H,14H2,1-7H3;11,16H,7-10H2,1-6H3;/q-1;;/b;12-11-;. The number of rotatable bonds is 11. The number of aliphatic hydroxyl groups excluding tert-OH is 1. The Bertz CT molecular complexity index is 2340. The minimum Gasteiger partial charge on any atom is -0.512 e. The molecule has 56 heavy (non-hydrogen) atoms. The number of hydrogen-bond donors (Lipinski definition) is 1. The third-order valence-corrected chi connectivity index (χ3v) is 13.2. The molecule has 0 amide bonds. The Kier molecular flexibility index (Phi) is 14.4. The number of ketones is 1. The van der Waals surface area contributed by atoms with E-state index in [0.29, 0.717) is 5.92 Å². The molecule has 1 radical (unpaired) electrons. The third kappa shape index (κ3) is 9.25. The smallest absolute Gasteiger partial charge is 0.164 e. The molecule has 0 bridgehead atoms. The number of pyridine rings is 1. The van der Waals surface area contributed by atoms with E-state index in [9.17, 15) is 9.90 Å². The van der Waals surface area contributed by atoms with Crippen molar-refractivity contribution < 1.29 is 34.4 Å². The number of hydrogen-bond acceptors (Lipinski definition) is 5. The van der Waals surface area contributed by atoms with Crippen molar-refractivity contribution in [1.82, 2.24) is 4.98 Å². The second-order valence-corrected chi connectivity index (χ2v) is 18.7. The van der Waals surface area contributed by atoms with Crippen LogP contribution in [-0.4, -0.2) is 15.9 Å². The topological polar surface area (TPSA) is 63.3 Å². The number of furan rings is 1. The van der Waals surface area contributed by atoms with Gasteiger partial charge in [-0.25, -0.2) is 0 Å². The predicted octanol–water partition coefficient (Wildman–Crippen LogP) is 15.1. The van der Waals surface area contributed by atoms with Crippen LogP contribution in [0.25, 0.3) is 54.3 Å². The molecule has 301 valence electrons. The quantitative estimate of drug-likeness (QED) is 0.0798. The van der Waals surface area contributed by atoms with Gasteiger partial charge in [0.25, 0.3) is 0 Å². The fourth-order valence-electron chi connectivity index (χ4n) is 7.25. The van der Waals surface area contributed by atoms with Crippen LogP contribution >= 0.6 is 11.3 Å². The molecule has 0 aliphatic rings. The Morgan fingerprint density at radius 1 is 0.893 bits per heavy atom. The fraction of sp³-hybridized carbons (Fsp3) is 0.440. The molecule has 1 N–H and O–H groups in total. The number of carbonyl (C=O) groups excluding carboxylic acids is 1.